The molecule has 0 bridgehead atoms. The number of aromatic nitrogens is 2. The van der Waals surface area contributed by atoms with Crippen LogP contribution in [0.1, 0.15) is 19.4 Å². The van der Waals surface area contributed by atoms with Crippen molar-refractivity contribution in [3.05, 3.63) is 36.0 Å². The molecule has 2 rings (SSSR count). The Bertz CT molecular complexity index is 549. The highest BCUT2D eigenvalue weighted by Gasteiger charge is 2.10. The first kappa shape index (κ1) is 13.3. The molecule has 0 saturated heterocycles. The van der Waals surface area contributed by atoms with Gasteiger partial charge in [0.1, 0.15) is 12.4 Å². The number of nitrogens with zero attached hydrogens (tertiary/aromatic N) is 2. The molecule has 0 fully saturated rings. The number of hydrogen-bond acceptors (Lipinski definition) is 4. The second-order valence-corrected chi connectivity index (χ2v) is 4.61. The molecule has 5 nitrogen and oxygen atoms in total. The molecule has 0 atom stereocenters. The SMILES string of the molecule is CC(C)Oc1cccc(N)c1COc1ccn(C)n1. The van der Waals surface area contributed by atoms with Crippen LogP contribution in [0.15, 0.2) is 30.5 Å². The molecule has 1 aromatic carbocycles. The topological polar surface area (TPSA) is 62.3 Å². The van der Waals surface area contributed by atoms with Crippen LogP contribution < -0.4 is 15.2 Å². The third kappa shape index (κ3) is 3.40. The highest BCUT2D eigenvalue weighted by atomic mass is 16.5. The van der Waals surface area contributed by atoms with Gasteiger partial charge in [-0.05, 0) is 26.0 Å². The van der Waals surface area contributed by atoms with Crippen molar-refractivity contribution in [1.82, 2.24) is 9.78 Å². The highest BCUT2D eigenvalue weighted by Crippen LogP contribution is 2.26. The van der Waals surface area contributed by atoms with Crippen LogP contribution in [-0.2, 0) is 13.7 Å². The maximum atomic E-state index is 5.98. The summed E-state index contributed by atoms with van der Waals surface area (Å²) in [6.07, 6.45) is 1.92. The van der Waals surface area contributed by atoms with E-state index in [-0.39, 0.29) is 6.10 Å². The van der Waals surface area contributed by atoms with E-state index in [2.05, 4.69) is 5.10 Å². The van der Waals surface area contributed by atoms with Crippen molar-refractivity contribution in [3.8, 4) is 11.6 Å². The minimum atomic E-state index is 0.0930. The van der Waals surface area contributed by atoms with E-state index in [9.17, 15) is 0 Å². The van der Waals surface area contributed by atoms with E-state index in [1.807, 2.05) is 51.4 Å². The molecule has 0 aliphatic heterocycles. The van der Waals surface area contributed by atoms with E-state index < -0.39 is 0 Å². The van der Waals surface area contributed by atoms with E-state index in [4.69, 9.17) is 15.2 Å². The van der Waals surface area contributed by atoms with Crippen molar-refractivity contribution >= 4 is 5.69 Å². The van der Waals surface area contributed by atoms with Gasteiger partial charge in [-0.3, -0.25) is 4.68 Å². The molecule has 1 heterocycles. The lowest BCUT2D eigenvalue weighted by atomic mass is 10.1. The first-order valence-corrected chi connectivity index (χ1v) is 6.22. The lowest BCUT2D eigenvalue weighted by Crippen LogP contribution is -2.10. The van der Waals surface area contributed by atoms with Gasteiger partial charge < -0.3 is 15.2 Å². The lowest BCUT2D eigenvalue weighted by Gasteiger charge is -2.15. The third-order valence-electron chi connectivity index (χ3n) is 2.59. The summed E-state index contributed by atoms with van der Waals surface area (Å²) >= 11 is 0. The van der Waals surface area contributed by atoms with E-state index in [0.717, 1.165) is 11.3 Å². The summed E-state index contributed by atoms with van der Waals surface area (Å²) < 4.78 is 13.0. The monoisotopic (exact) mass is 261 g/mol. The second-order valence-electron chi connectivity index (χ2n) is 4.61. The Kier molecular flexibility index (Phi) is 3.94. The number of anilines is 1. The number of ether oxygens (including phenoxy) is 2. The van der Waals surface area contributed by atoms with Gasteiger partial charge in [0.15, 0.2) is 0 Å². The first-order valence-electron chi connectivity index (χ1n) is 6.22. The quantitative estimate of drug-likeness (QED) is 0.839. The molecule has 0 aliphatic carbocycles. The molecule has 0 aliphatic rings. The van der Waals surface area contributed by atoms with Crippen molar-refractivity contribution in [2.24, 2.45) is 7.05 Å². The molecule has 0 spiro atoms. The van der Waals surface area contributed by atoms with Gasteiger partial charge in [0.05, 0.1) is 11.7 Å². The predicted octanol–water partition coefficient (Wildman–Crippen LogP) is 2.37. The molecule has 2 aromatic rings. The molecule has 0 unspecified atom stereocenters. The van der Waals surface area contributed by atoms with Gasteiger partial charge >= 0.3 is 0 Å². The molecular weight excluding hydrogens is 242 g/mol. The van der Waals surface area contributed by atoms with Crippen LogP contribution in [0, 0.1) is 0 Å². The van der Waals surface area contributed by atoms with Crippen molar-refractivity contribution < 1.29 is 9.47 Å². The van der Waals surface area contributed by atoms with Gasteiger partial charge in [-0.1, -0.05) is 6.07 Å². The molecule has 19 heavy (non-hydrogen) atoms. The Balaban J connectivity index is 2.14. The van der Waals surface area contributed by atoms with Crippen LogP contribution in [0.2, 0.25) is 0 Å². The summed E-state index contributed by atoms with van der Waals surface area (Å²) in [6, 6.07) is 7.41. The largest absolute Gasteiger partial charge is 0.491 e. The summed E-state index contributed by atoms with van der Waals surface area (Å²) in [5.74, 6) is 1.33. The third-order valence-corrected chi connectivity index (χ3v) is 2.59. The van der Waals surface area contributed by atoms with Crippen molar-refractivity contribution in [1.29, 1.82) is 0 Å². The Morgan fingerprint density at radius 3 is 2.74 bits per heavy atom. The van der Waals surface area contributed by atoms with Gasteiger partial charge in [-0.25, -0.2) is 0 Å². The molecule has 1 aromatic heterocycles. The zero-order valence-corrected chi connectivity index (χ0v) is 11.5. The normalized spacial score (nSPS) is 10.7. The number of nitrogen functional groups attached to an aromatic ring is 1. The Labute approximate surface area is 112 Å². The van der Waals surface area contributed by atoms with E-state index in [0.29, 0.717) is 18.2 Å². The summed E-state index contributed by atoms with van der Waals surface area (Å²) in [6.45, 7) is 4.30. The Morgan fingerprint density at radius 2 is 2.11 bits per heavy atom. The molecule has 0 saturated carbocycles. The number of aryl methyl sites for hydroxylation is 1. The van der Waals surface area contributed by atoms with E-state index >= 15 is 0 Å². The lowest BCUT2D eigenvalue weighted by molar-refractivity contribution is 0.229. The average molecular weight is 261 g/mol. The van der Waals surface area contributed by atoms with Crippen LogP contribution in [-0.4, -0.2) is 15.9 Å². The maximum absolute atomic E-state index is 5.98. The minimum absolute atomic E-state index is 0.0930. The fraction of sp³-hybridized carbons (Fsp3) is 0.357. The predicted molar refractivity (Wildman–Crippen MR) is 74.2 cm³/mol. The van der Waals surface area contributed by atoms with Crippen LogP contribution >= 0.6 is 0 Å². The fourth-order valence-electron chi connectivity index (χ4n) is 1.72. The van der Waals surface area contributed by atoms with Gasteiger partial charge in [-0.2, -0.15) is 0 Å². The van der Waals surface area contributed by atoms with Gasteiger partial charge in [0, 0.05) is 25.0 Å². The molecule has 102 valence electrons. The zero-order chi connectivity index (χ0) is 13.8. The van der Waals surface area contributed by atoms with E-state index in [1.165, 1.54) is 0 Å². The van der Waals surface area contributed by atoms with Crippen LogP contribution in [0.3, 0.4) is 0 Å². The average Bonchev–Trinajstić information content (AvgIpc) is 2.73. The van der Waals surface area contributed by atoms with Crippen LogP contribution in [0.4, 0.5) is 5.69 Å². The highest BCUT2D eigenvalue weighted by molar-refractivity contribution is 5.54. The van der Waals surface area contributed by atoms with Gasteiger partial charge in [0.2, 0.25) is 5.88 Å². The number of hydrogen-bond donors (Lipinski definition) is 1. The minimum Gasteiger partial charge on any atom is -0.491 e. The fourth-order valence-corrected chi connectivity index (χ4v) is 1.72. The van der Waals surface area contributed by atoms with Crippen LogP contribution in [0.5, 0.6) is 11.6 Å². The molecule has 0 amide bonds. The summed E-state index contributed by atoms with van der Waals surface area (Å²) in [5, 5.41) is 4.16. The zero-order valence-electron chi connectivity index (χ0n) is 11.5. The maximum Gasteiger partial charge on any atom is 0.233 e. The molecule has 5 heteroatoms. The van der Waals surface area contributed by atoms with Crippen molar-refractivity contribution in [2.45, 2.75) is 26.6 Å². The Hall–Kier alpha value is -2.17. The van der Waals surface area contributed by atoms with Crippen molar-refractivity contribution in [3.63, 3.8) is 0 Å². The summed E-state index contributed by atoms with van der Waals surface area (Å²) in [5.41, 5.74) is 7.49. The number of nitrogens with two attached hydrogens (primary N) is 1. The summed E-state index contributed by atoms with van der Waals surface area (Å²) in [4.78, 5) is 0. The Morgan fingerprint density at radius 1 is 1.32 bits per heavy atom. The van der Waals surface area contributed by atoms with Crippen LogP contribution in [0.25, 0.3) is 0 Å². The smallest absolute Gasteiger partial charge is 0.233 e. The molecular formula is C14H19N3O2. The number of benzene rings is 1. The second kappa shape index (κ2) is 5.65. The molecule has 0 radical (unpaired) electrons. The van der Waals surface area contributed by atoms with Crippen molar-refractivity contribution in [2.75, 3.05) is 5.73 Å². The first-order chi connectivity index (χ1) is 9.06. The van der Waals surface area contributed by atoms with Gasteiger partial charge in [-0.15, -0.1) is 5.10 Å². The van der Waals surface area contributed by atoms with E-state index in [1.54, 1.807) is 4.68 Å². The summed E-state index contributed by atoms with van der Waals surface area (Å²) in [7, 11) is 1.84. The number of rotatable bonds is 5. The van der Waals surface area contributed by atoms with Gasteiger partial charge in [0.25, 0.3) is 0 Å². The standard InChI is InChI=1S/C14H19N3O2/c1-10(2)19-13-6-4-5-12(15)11(13)9-18-14-7-8-17(3)16-14/h4-8,10H,9,15H2,1-3H3. The molecule has 2 N–H and O–H groups in total.